The third kappa shape index (κ3) is 5.94. The Kier molecular flexibility index (Phi) is 7.75. The van der Waals surface area contributed by atoms with Crippen LogP contribution in [0.5, 0.6) is 0 Å². The highest BCUT2D eigenvalue weighted by molar-refractivity contribution is 6.31. The SMILES string of the molecule is CCc1cccc(CC)c1NC(=O)CO/N=C\C(=O)Nc1ccc(C)cc1C. The largest absolute Gasteiger partial charge is 0.385 e. The van der Waals surface area contributed by atoms with Crippen molar-refractivity contribution in [1.82, 2.24) is 0 Å². The van der Waals surface area contributed by atoms with Crippen LogP contribution in [0, 0.1) is 13.8 Å². The number of aryl methyl sites for hydroxylation is 4. The zero-order chi connectivity index (χ0) is 20.5. The van der Waals surface area contributed by atoms with Crippen LogP contribution in [0.15, 0.2) is 41.6 Å². The second-order valence-electron chi connectivity index (χ2n) is 6.52. The van der Waals surface area contributed by atoms with Gasteiger partial charge in [0.25, 0.3) is 11.8 Å². The van der Waals surface area contributed by atoms with Gasteiger partial charge in [-0.1, -0.05) is 54.9 Å². The molecular weight excluding hydrogens is 354 g/mol. The molecule has 148 valence electrons. The Balaban J connectivity index is 1.86. The Labute approximate surface area is 166 Å². The molecule has 6 heteroatoms. The average molecular weight is 381 g/mol. The Bertz CT molecular complexity index is 853. The number of benzene rings is 2. The summed E-state index contributed by atoms with van der Waals surface area (Å²) in [7, 11) is 0. The summed E-state index contributed by atoms with van der Waals surface area (Å²) in [5.41, 5.74) is 5.77. The number of carbonyl (C=O) groups excluding carboxylic acids is 2. The van der Waals surface area contributed by atoms with Gasteiger partial charge in [0, 0.05) is 11.4 Å². The average Bonchev–Trinajstić information content (AvgIpc) is 2.67. The van der Waals surface area contributed by atoms with Crippen LogP contribution in [0.25, 0.3) is 0 Å². The first-order valence-electron chi connectivity index (χ1n) is 9.38. The van der Waals surface area contributed by atoms with Crippen molar-refractivity contribution in [2.45, 2.75) is 40.5 Å². The third-order valence-corrected chi connectivity index (χ3v) is 4.34. The minimum atomic E-state index is -0.419. The summed E-state index contributed by atoms with van der Waals surface area (Å²) in [6.07, 6.45) is 2.66. The van der Waals surface area contributed by atoms with Crippen molar-refractivity contribution in [3.05, 3.63) is 58.7 Å². The molecule has 0 aliphatic rings. The molecule has 2 N–H and O–H groups in total. The summed E-state index contributed by atoms with van der Waals surface area (Å²) in [6, 6.07) is 11.7. The summed E-state index contributed by atoms with van der Waals surface area (Å²) in [5, 5.41) is 9.19. The highest BCUT2D eigenvalue weighted by Crippen LogP contribution is 2.22. The van der Waals surface area contributed by atoms with Crippen molar-refractivity contribution in [2.75, 3.05) is 17.2 Å². The molecule has 0 bridgehead atoms. The molecule has 2 rings (SSSR count). The van der Waals surface area contributed by atoms with Gasteiger partial charge >= 0.3 is 0 Å². The molecule has 0 aliphatic heterocycles. The van der Waals surface area contributed by atoms with Crippen LogP contribution in [-0.2, 0) is 27.3 Å². The summed E-state index contributed by atoms with van der Waals surface area (Å²) in [5.74, 6) is -0.737. The third-order valence-electron chi connectivity index (χ3n) is 4.34. The zero-order valence-electron chi connectivity index (χ0n) is 16.8. The van der Waals surface area contributed by atoms with Gasteiger partial charge in [-0.2, -0.15) is 0 Å². The van der Waals surface area contributed by atoms with Gasteiger partial charge in [-0.25, -0.2) is 0 Å². The number of carbonyl (C=O) groups is 2. The second-order valence-corrected chi connectivity index (χ2v) is 6.52. The van der Waals surface area contributed by atoms with E-state index in [1.54, 1.807) is 0 Å². The molecule has 28 heavy (non-hydrogen) atoms. The number of rotatable bonds is 8. The van der Waals surface area contributed by atoms with Crippen LogP contribution < -0.4 is 10.6 Å². The van der Waals surface area contributed by atoms with Crippen LogP contribution in [0.4, 0.5) is 11.4 Å². The van der Waals surface area contributed by atoms with Crippen molar-refractivity contribution in [1.29, 1.82) is 0 Å². The van der Waals surface area contributed by atoms with E-state index in [1.165, 1.54) is 0 Å². The van der Waals surface area contributed by atoms with Crippen LogP contribution in [0.1, 0.15) is 36.1 Å². The maximum Gasteiger partial charge on any atom is 0.270 e. The van der Waals surface area contributed by atoms with E-state index in [1.807, 2.05) is 64.1 Å². The fourth-order valence-corrected chi connectivity index (χ4v) is 2.88. The lowest BCUT2D eigenvalue weighted by atomic mass is 10.0. The van der Waals surface area contributed by atoms with Crippen molar-refractivity contribution < 1.29 is 14.4 Å². The number of nitrogens with zero attached hydrogens (tertiary/aromatic N) is 1. The quantitative estimate of drug-likeness (QED) is 0.536. The molecule has 0 aliphatic carbocycles. The molecule has 0 atom stereocenters. The molecule has 0 saturated carbocycles. The maximum absolute atomic E-state index is 12.2. The number of amides is 2. The van der Waals surface area contributed by atoms with Gasteiger partial charge < -0.3 is 15.5 Å². The molecule has 0 spiro atoms. The van der Waals surface area contributed by atoms with Crippen LogP contribution in [0.2, 0.25) is 0 Å². The van der Waals surface area contributed by atoms with Gasteiger partial charge in [0.15, 0.2) is 6.61 Å². The van der Waals surface area contributed by atoms with E-state index >= 15 is 0 Å². The van der Waals surface area contributed by atoms with Crippen molar-refractivity contribution >= 4 is 29.4 Å². The molecule has 6 nitrogen and oxygen atoms in total. The standard InChI is InChI=1S/C22H27N3O3/c1-5-17-8-7-9-18(6-2)22(17)25-21(27)14-28-23-13-20(26)24-19-11-10-15(3)12-16(19)4/h7-13H,5-6,14H2,1-4H3,(H,24,26)(H,25,27)/b23-13-. The monoisotopic (exact) mass is 381 g/mol. The lowest BCUT2D eigenvalue weighted by Gasteiger charge is -2.13. The molecule has 0 saturated heterocycles. The fraction of sp³-hybridized carbons (Fsp3) is 0.318. The van der Waals surface area contributed by atoms with Crippen LogP contribution >= 0.6 is 0 Å². The highest BCUT2D eigenvalue weighted by Gasteiger charge is 2.10. The van der Waals surface area contributed by atoms with Gasteiger partial charge in [0.1, 0.15) is 6.21 Å². The minimum Gasteiger partial charge on any atom is -0.385 e. The highest BCUT2D eigenvalue weighted by atomic mass is 16.6. The number of oxime groups is 1. The molecule has 0 fully saturated rings. The topological polar surface area (TPSA) is 79.8 Å². The predicted octanol–water partition coefficient (Wildman–Crippen LogP) is 4.01. The molecule has 2 amide bonds. The van der Waals surface area contributed by atoms with E-state index in [4.69, 9.17) is 4.84 Å². The van der Waals surface area contributed by atoms with Crippen molar-refractivity contribution in [3.63, 3.8) is 0 Å². The van der Waals surface area contributed by atoms with E-state index < -0.39 is 5.91 Å². The van der Waals surface area contributed by atoms with E-state index in [2.05, 4.69) is 15.8 Å². The van der Waals surface area contributed by atoms with E-state index in [-0.39, 0.29) is 12.5 Å². The minimum absolute atomic E-state index is 0.269. The molecule has 0 radical (unpaired) electrons. The van der Waals surface area contributed by atoms with Crippen molar-refractivity contribution in [2.24, 2.45) is 5.16 Å². The van der Waals surface area contributed by atoms with E-state index in [9.17, 15) is 9.59 Å². The van der Waals surface area contributed by atoms with Gasteiger partial charge in [0.05, 0.1) is 0 Å². The van der Waals surface area contributed by atoms with Gasteiger partial charge in [-0.15, -0.1) is 0 Å². The molecule has 0 unspecified atom stereocenters. The van der Waals surface area contributed by atoms with Crippen LogP contribution in [-0.4, -0.2) is 24.6 Å². The Hall–Kier alpha value is -3.15. The lowest BCUT2D eigenvalue weighted by molar-refractivity contribution is -0.120. The number of para-hydroxylation sites is 1. The van der Waals surface area contributed by atoms with Crippen molar-refractivity contribution in [3.8, 4) is 0 Å². The second kappa shape index (κ2) is 10.3. The summed E-state index contributed by atoms with van der Waals surface area (Å²) >= 11 is 0. The van der Waals surface area contributed by atoms with E-state index in [0.29, 0.717) is 5.69 Å². The number of anilines is 2. The predicted molar refractivity (Wildman–Crippen MR) is 113 cm³/mol. The molecular formula is C22H27N3O3. The Morgan fingerprint density at radius 1 is 1.04 bits per heavy atom. The summed E-state index contributed by atoms with van der Waals surface area (Å²) < 4.78 is 0. The Morgan fingerprint density at radius 3 is 2.32 bits per heavy atom. The lowest BCUT2D eigenvalue weighted by Crippen LogP contribution is -2.19. The number of hydrogen-bond donors (Lipinski definition) is 2. The van der Waals surface area contributed by atoms with Gasteiger partial charge in [0.2, 0.25) is 0 Å². The Morgan fingerprint density at radius 2 is 1.71 bits per heavy atom. The molecule has 0 aromatic heterocycles. The summed E-state index contributed by atoms with van der Waals surface area (Å²) in [6.45, 7) is 7.72. The first-order valence-corrected chi connectivity index (χ1v) is 9.38. The number of nitrogens with one attached hydrogen (secondary N) is 2. The maximum atomic E-state index is 12.2. The molecule has 2 aromatic carbocycles. The normalized spacial score (nSPS) is 10.7. The van der Waals surface area contributed by atoms with Gasteiger partial charge in [-0.3, -0.25) is 9.59 Å². The molecule has 2 aromatic rings. The first-order chi connectivity index (χ1) is 13.4. The zero-order valence-corrected chi connectivity index (χ0v) is 16.8. The first kappa shape index (κ1) is 21.2. The number of hydrogen-bond acceptors (Lipinski definition) is 4. The van der Waals surface area contributed by atoms with Crippen LogP contribution in [0.3, 0.4) is 0 Å². The van der Waals surface area contributed by atoms with E-state index in [0.717, 1.165) is 47.0 Å². The van der Waals surface area contributed by atoms with Gasteiger partial charge in [-0.05, 0) is 49.4 Å². The fourth-order valence-electron chi connectivity index (χ4n) is 2.88. The summed E-state index contributed by atoms with van der Waals surface area (Å²) in [4.78, 5) is 29.0. The smallest absolute Gasteiger partial charge is 0.270 e. The molecule has 0 heterocycles.